The van der Waals surface area contributed by atoms with Crippen molar-refractivity contribution in [1.29, 1.82) is 0 Å². The van der Waals surface area contributed by atoms with Crippen LogP contribution in [0.5, 0.6) is 17.2 Å². The third kappa shape index (κ3) is 5.78. The van der Waals surface area contributed by atoms with Crippen LogP contribution in [0.15, 0.2) is 54.6 Å². The lowest BCUT2D eigenvalue weighted by molar-refractivity contribution is -0.274. The summed E-state index contributed by atoms with van der Waals surface area (Å²) in [5, 5.41) is 0. The zero-order valence-electron chi connectivity index (χ0n) is 18.2. The van der Waals surface area contributed by atoms with Gasteiger partial charge in [-0.15, -0.1) is 13.2 Å². The van der Waals surface area contributed by atoms with Crippen LogP contribution in [-0.4, -0.2) is 40.7 Å². The molecule has 1 atom stereocenters. The lowest BCUT2D eigenvalue weighted by Gasteiger charge is -2.22. The first-order chi connectivity index (χ1) is 16.6. The molecule has 2 amide bonds. The van der Waals surface area contributed by atoms with Crippen LogP contribution in [0.2, 0.25) is 0 Å². The van der Waals surface area contributed by atoms with Gasteiger partial charge >= 0.3 is 6.36 Å². The second-order valence-electron chi connectivity index (χ2n) is 7.70. The van der Waals surface area contributed by atoms with E-state index in [1.807, 2.05) is 0 Å². The Morgan fingerprint density at radius 2 is 1.54 bits per heavy atom. The molecule has 0 saturated carbocycles. The van der Waals surface area contributed by atoms with Crippen LogP contribution < -0.4 is 25.8 Å². The number of carbonyl (C=O) groups is 2. The monoisotopic (exact) mass is 487 g/mol. The molecule has 1 unspecified atom stereocenters. The third-order valence-electron chi connectivity index (χ3n) is 5.25. The highest BCUT2D eigenvalue weighted by atomic mass is 19.4. The Bertz CT molecular complexity index is 1230. The van der Waals surface area contributed by atoms with Crippen LogP contribution in [0.4, 0.5) is 19.1 Å². The summed E-state index contributed by atoms with van der Waals surface area (Å²) in [6, 6.07) is 12.5. The van der Waals surface area contributed by atoms with E-state index in [9.17, 15) is 22.8 Å². The Morgan fingerprint density at radius 1 is 0.943 bits per heavy atom. The number of nitrogens with zero attached hydrogens (tertiary/aromatic N) is 3. The van der Waals surface area contributed by atoms with Gasteiger partial charge in [-0.2, -0.15) is 0 Å². The molecule has 1 aromatic heterocycles. The molecule has 0 radical (unpaired) electrons. The van der Waals surface area contributed by atoms with Gasteiger partial charge in [0, 0.05) is 12.1 Å². The number of aromatic nitrogens is 2. The molecule has 2 heterocycles. The van der Waals surface area contributed by atoms with Gasteiger partial charge in [0.05, 0.1) is 5.69 Å². The number of primary amides is 2. The minimum Gasteiger partial charge on any atom is -0.457 e. The number of carbonyl (C=O) groups excluding carboxylic acids is 2. The maximum Gasteiger partial charge on any atom is 0.573 e. The summed E-state index contributed by atoms with van der Waals surface area (Å²) in [5.74, 6) is -0.713. The largest absolute Gasteiger partial charge is 0.573 e. The molecule has 182 valence electrons. The predicted molar refractivity (Wildman–Crippen MR) is 119 cm³/mol. The van der Waals surface area contributed by atoms with Gasteiger partial charge in [0.1, 0.15) is 29.0 Å². The van der Waals surface area contributed by atoms with Crippen LogP contribution in [0, 0.1) is 0 Å². The molecule has 4 N–H and O–H groups in total. The Kier molecular flexibility index (Phi) is 6.45. The summed E-state index contributed by atoms with van der Waals surface area (Å²) in [7, 11) is 0. The normalized spacial score (nSPS) is 15.6. The van der Waals surface area contributed by atoms with Crippen molar-refractivity contribution in [2.75, 3.05) is 11.4 Å². The van der Waals surface area contributed by atoms with Crippen molar-refractivity contribution in [1.82, 2.24) is 9.97 Å². The van der Waals surface area contributed by atoms with E-state index in [-0.39, 0.29) is 17.4 Å². The van der Waals surface area contributed by atoms with E-state index in [1.165, 1.54) is 18.2 Å². The number of nitrogens with two attached hydrogens (primary N) is 2. The second-order valence-corrected chi connectivity index (χ2v) is 7.70. The molecule has 1 fully saturated rings. The fraction of sp³-hybridized carbons (Fsp3) is 0.217. The van der Waals surface area contributed by atoms with E-state index < -0.39 is 24.2 Å². The van der Waals surface area contributed by atoms with E-state index in [0.29, 0.717) is 35.7 Å². The Morgan fingerprint density at radius 3 is 2.11 bits per heavy atom. The van der Waals surface area contributed by atoms with Crippen molar-refractivity contribution in [3.05, 3.63) is 60.3 Å². The first kappa shape index (κ1) is 23.8. The van der Waals surface area contributed by atoms with Crippen LogP contribution in [0.3, 0.4) is 0 Å². The quantitative estimate of drug-likeness (QED) is 0.522. The molecule has 0 aliphatic carbocycles. The van der Waals surface area contributed by atoms with E-state index in [0.717, 1.165) is 18.6 Å². The van der Waals surface area contributed by atoms with Crippen molar-refractivity contribution < 1.29 is 32.2 Å². The van der Waals surface area contributed by atoms with Crippen molar-refractivity contribution in [3.8, 4) is 28.5 Å². The summed E-state index contributed by atoms with van der Waals surface area (Å²) in [6.45, 7) is 0.509. The molecule has 1 aliphatic heterocycles. The smallest absolute Gasteiger partial charge is 0.457 e. The minimum atomic E-state index is -4.77. The van der Waals surface area contributed by atoms with Crippen LogP contribution in [-0.2, 0) is 4.79 Å². The molecule has 3 aromatic rings. The molecule has 9 nitrogen and oxygen atoms in total. The van der Waals surface area contributed by atoms with Gasteiger partial charge in [0.15, 0.2) is 0 Å². The SMILES string of the molecule is NC(=O)c1cc(-c2ccc(Oc3ccc(OC(F)(F)F)cc3)cc2)nc(N2CCCC2C(N)=O)n1. The van der Waals surface area contributed by atoms with Crippen molar-refractivity contribution in [2.45, 2.75) is 25.2 Å². The fourth-order valence-electron chi connectivity index (χ4n) is 3.68. The highest BCUT2D eigenvalue weighted by molar-refractivity contribution is 5.92. The summed E-state index contributed by atoms with van der Waals surface area (Å²) < 4.78 is 46.4. The molecule has 35 heavy (non-hydrogen) atoms. The summed E-state index contributed by atoms with van der Waals surface area (Å²) >= 11 is 0. The van der Waals surface area contributed by atoms with Crippen LogP contribution >= 0.6 is 0 Å². The number of anilines is 1. The molecular formula is C23H20F3N5O4. The average Bonchev–Trinajstić information content (AvgIpc) is 3.30. The van der Waals surface area contributed by atoms with Gasteiger partial charge in [-0.3, -0.25) is 9.59 Å². The predicted octanol–water partition coefficient (Wildman–Crippen LogP) is 3.39. The Balaban J connectivity index is 1.55. The summed E-state index contributed by atoms with van der Waals surface area (Å²) in [4.78, 5) is 34.0. The lowest BCUT2D eigenvalue weighted by atomic mass is 10.1. The number of alkyl halides is 3. The Labute approximate surface area is 197 Å². The molecule has 1 aliphatic rings. The number of hydrogen-bond acceptors (Lipinski definition) is 7. The molecule has 1 saturated heterocycles. The van der Waals surface area contributed by atoms with Crippen molar-refractivity contribution in [3.63, 3.8) is 0 Å². The number of hydrogen-bond donors (Lipinski definition) is 2. The number of halogens is 3. The zero-order chi connectivity index (χ0) is 25.2. The van der Waals surface area contributed by atoms with Gasteiger partial charge in [-0.25, -0.2) is 9.97 Å². The van der Waals surface area contributed by atoms with Gasteiger partial charge in [-0.05, 0) is 67.4 Å². The first-order valence-electron chi connectivity index (χ1n) is 10.5. The van der Waals surface area contributed by atoms with Gasteiger partial charge in [0.25, 0.3) is 5.91 Å². The standard InChI is InChI=1S/C23H20F3N5O4/c24-23(25,26)35-16-9-7-15(8-10-16)34-14-5-3-13(4-6-14)17-12-18(20(27)32)30-22(29-17)31-11-1-2-19(31)21(28)33/h3-10,12,19H,1-2,11H2,(H2,27,32)(H2,28,33). The first-order valence-corrected chi connectivity index (χ1v) is 10.5. The average molecular weight is 487 g/mol. The maximum absolute atomic E-state index is 12.3. The maximum atomic E-state index is 12.3. The fourth-order valence-corrected chi connectivity index (χ4v) is 3.68. The molecule has 0 bridgehead atoms. The van der Waals surface area contributed by atoms with Crippen LogP contribution in [0.1, 0.15) is 23.3 Å². The summed E-state index contributed by atoms with van der Waals surface area (Å²) in [6.07, 6.45) is -3.49. The van der Waals surface area contributed by atoms with E-state index in [1.54, 1.807) is 29.2 Å². The Hall–Kier alpha value is -4.35. The third-order valence-corrected chi connectivity index (χ3v) is 5.25. The zero-order valence-corrected chi connectivity index (χ0v) is 18.2. The number of rotatable bonds is 7. The van der Waals surface area contributed by atoms with E-state index in [2.05, 4.69) is 14.7 Å². The topological polar surface area (TPSA) is 134 Å². The van der Waals surface area contributed by atoms with E-state index >= 15 is 0 Å². The molecule has 4 rings (SSSR count). The summed E-state index contributed by atoms with van der Waals surface area (Å²) in [5.41, 5.74) is 11.9. The van der Waals surface area contributed by atoms with E-state index in [4.69, 9.17) is 16.2 Å². The van der Waals surface area contributed by atoms with Crippen molar-refractivity contribution in [2.24, 2.45) is 11.5 Å². The molecule has 0 spiro atoms. The van der Waals surface area contributed by atoms with Crippen LogP contribution in [0.25, 0.3) is 11.3 Å². The molecule has 2 aromatic carbocycles. The minimum absolute atomic E-state index is 0.0124. The lowest BCUT2D eigenvalue weighted by Crippen LogP contribution is -2.41. The highest BCUT2D eigenvalue weighted by Crippen LogP contribution is 2.30. The highest BCUT2D eigenvalue weighted by Gasteiger charge is 2.32. The van der Waals surface area contributed by atoms with Crippen molar-refractivity contribution >= 4 is 17.8 Å². The van der Waals surface area contributed by atoms with Gasteiger partial charge in [0.2, 0.25) is 11.9 Å². The molecular weight excluding hydrogens is 467 g/mol. The van der Waals surface area contributed by atoms with Gasteiger partial charge < -0.3 is 25.8 Å². The van der Waals surface area contributed by atoms with Gasteiger partial charge in [-0.1, -0.05) is 0 Å². The number of amides is 2. The number of ether oxygens (including phenoxy) is 2. The second kappa shape index (κ2) is 9.49. The number of benzene rings is 2. The molecule has 12 heteroatoms.